The SMILES string of the molecule is CCCCOCC=C1CCCCC1. The molecule has 0 N–H and O–H groups in total. The van der Waals surface area contributed by atoms with Gasteiger partial charge in [0.25, 0.3) is 0 Å². The van der Waals surface area contributed by atoms with Crippen molar-refractivity contribution < 1.29 is 4.74 Å². The van der Waals surface area contributed by atoms with Gasteiger partial charge >= 0.3 is 0 Å². The van der Waals surface area contributed by atoms with Gasteiger partial charge in [-0.1, -0.05) is 31.4 Å². The largest absolute Gasteiger partial charge is 0.377 e. The third kappa shape index (κ3) is 5.09. The lowest BCUT2D eigenvalue weighted by molar-refractivity contribution is 0.158. The van der Waals surface area contributed by atoms with Gasteiger partial charge in [-0.2, -0.15) is 0 Å². The van der Waals surface area contributed by atoms with Crippen LogP contribution < -0.4 is 0 Å². The van der Waals surface area contributed by atoms with E-state index in [1.54, 1.807) is 5.57 Å². The molecule has 0 bridgehead atoms. The van der Waals surface area contributed by atoms with Crippen LogP contribution in [0.15, 0.2) is 11.6 Å². The smallest absolute Gasteiger partial charge is 0.0650 e. The van der Waals surface area contributed by atoms with Crippen molar-refractivity contribution >= 4 is 0 Å². The van der Waals surface area contributed by atoms with Crippen LogP contribution in [0.25, 0.3) is 0 Å². The predicted molar refractivity (Wildman–Crippen MR) is 56.9 cm³/mol. The lowest BCUT2D eigenvalue weighted by Gasteiger charge is -2.13. The molecule has 0 amide bonds. The molecule has 1 nitrogen and oxygen atoms in total. The molecule has 1 aliphatic carbocycles. The Balaban J connectivity index is 2.01. The number of rotatable bonds is 5. The van der Waals surface area contributed by atoms with Crippen LogP contribution in [0.5, 0.6) is 0 Å². The Morgan fingerprint density at radius 2 is 2.00 bits per heavy atom. The Morgan fingerprint density at radius 3 is 2.69 bits per heavy atom. The molecule has 1 fully saturated rings. The molecule has 76 valence electrons. The van der Waals surface area contributed by atoms with Gasteiger partial charge in [0.05, 0.1) is 6.61 Å². The molecular formula is C12H22O. The first-order valence-corrected chi connectivity index (χ1v) is 5.69. The zero-order valence-corrected chi connectivity index (χ0v) is 8.85. The zero-order valence-electron chi connectivity index (χ0n) is 8.85. The second kappa shape index (κ2) is 7.14. The minimum atomic E-state index is 0.843. The fourth-order valence-electron chi connectivity index (χ4n) is 1.72. The van der Waals surface area contributed by atoms with Gasteiger partial charge in [0.15, 0.2) is 0 Å². The summed E-state index contributed by atoms with van der Waals surface area (Å²) >= 11 is 0. The quantitative estimate of drug-likeness (QED) is 0.465. The molecule has 13 heavy (non-hydrogen) atoms. The maximum Gasteiger partial charge on any atom is 0.0650 e. The van der Waals surface area contributed by atoms with Crippen molar-refractivity contribution in [3.63, 3.8) is 0 Å². The summed E-state index contributed by atoms with van der Waals surface area (Å²) in [5.74, 6) is 0. The lowest BCUT2D eigenvalue weighted by atomic mass is 9.95. The Kier molecular flexibility index (Phi) is 5.92. The summed E-state index contributed by atoms with van der Waals surface area (Å²) in [5, 5.41) is 0. The minimum Gasteiger partial charge on any atom is -0.377 e. The van der Waals surface area contributed by atoms with Crippen LogP contribution in [0, 0.1) is 0 Å². The summed E-state index contributed by atoms with van der Waals surface area (Å²) in [5.41, 5.74) is 1.63. The second-order valence-electron chi connectivity index (χ2n) is 3.85. The van der Waals surface area contributed by atoms with Crippen molar-refractivity contribution in [3.8, 4) is 0 Å². The van der Waals surface area contributed by atoms with E-state index in [0.717, 1.165) is 13.2 Å². The molecule has 0 aromatic heterocycles. The highest BCUT2D eigenvalue weighted by atomic mass is 16.5. The average Bonchev–Trinajstić information content (AvgIpc) is 2.19. The van der Waals surface area contributed by atoms with Crippen molar-refractivity contribution in [3.05, 3.63) is 11.6 Å². The molecule has 0 unspecified atom stereocenters. The van der Waals surface area contributed by atoms with Crippen molar-refractivity contribution in [1.82, 2.24) is 0 Å². The molecule has 0 heterocycles. The molecule has 0 aromatic rings. The Bertz CT molecular complexity index is 141. The van der Waals surface area contributed by atoms with E-state index < -0.39 is 0 Å². The maximum atomic E-state index is 5.50. The van der Waals surface area contributed by atoms with Crippen molar-refractivity contribution in [1.29, 1.82) is 0 Å². The Labute approximate surface area is 82.2 Å². The van der Waals surface area contributed by atoms with Crippen LogP contribution in [0.2, 0.25) is 0 Å². The third-order valence-electron chi connectivity index (χ3n) is 2.63. The summed E-state index contributed by atoms with van der Waals surface area (Å²) in [4.78, 5) is 0. The maximum absolute atomic E-state index is 5.50. The number of hydrogen-bond acceptors (Lipinski definition) is 1. The van der Waals surface area contributed by atoms with Crippen LogP contribution in [-0.2, 0) is 4.74 Å². The minimum absolute atomic E-state index is 0.843. The van der Waals surface area contributed by atoms with Crippen LogP contribution in [0.3, 0.4) is 0 Å². The van der Waals surface area contributed by atoms with Gasteiger partial charge in [-0.05, 0) is 32.1 Å². The van der Waals surface area contributed by atoms with Gasteiger partial charge in [-0.15, -0.1) is 0 Å². The molecule has 0 aliphatic heterocycles. The first kappa shape index (κ1) is 10.8. The molecule has 1 rings (SSSR count). The highest BCUT2D eigenvalue weighted by Crippen LogP contribution is 2.22. The third-order valence-corrected chi connectivity index (χ3v) is 2.63. The van der Waals surface area contributed by atoms with Crippen LogP contribution in [0.1, 0.15) is 51.9 Å². The summed E-state index contributed by atoms with van der Waals surface area (Å²) in [7, 11) is 0. The van der Waals surface area contributed by atoms with E-state index in [9.17, 15) is 0 Å². The van der Waals surface area contributed by atoms with Crippen LogP contribution in [-0.4, -0.2) is 13.2 Å². The fraction of sp³-hybridized carbons (Fsp3) is 0.833. The highest BCUT2D eigenvalue weighted by Gasteiger charge is 2.03. The normalized spacial score (nSPS) is 17.5. The van der Waals surface area contributed by atoms with Gasteiger partial charge < -0.3 is 4.74 Å². The van der Waals surface area contributed by atoms with Gasteiger partial charge in [0, 0.05) is 6.61 Å². The van der Waals surface area contributed by atoms with Crippen LogP contribution in [0.4, 0.5) is 0 Å². The average molecular weight is 182 g/mol. The number of ether oxygens (including phenoxy) is 1. The van der Waals surface area contributed by atoms with E-state index in [2.05, 4.69) is 13.0 Å². The first-order chi connectivity index (χ1) is 6.43. The monoisotopic (exact) mass is 182 g/mol. The Hall–Kier alpha value is -0.300. The molecule has 1 saturated carbocycles. The van der Waals surface area contributed by atoms with E-state index in [1.165, 1.54) is 44.9 Å². The van der Waals surface area contributed by atoms with E-state index >= 15 is 0 Å². The summed E-state index contributed by atoms with van der Waals surface area (Å²) < 4.78 is 5.50. The van der Waals surface area contributed by atoms with Gasteiger partial charge in [-0.25, -0.2) is 0 Å². The predicted octanol–water partition coefficient (Wildman–Crippen LogP) is 3.69. The van der Waals surface area contributed by atoms with E-state index in [0.29, 0.717) is 0 Å². The Morgan fingerprint density at radius 1 is 1.23 bits per heavy atom. The molecule has 0 aromatic carbocycles. The van der Waals surface area contributed by atoms with E-state index in [1.807, 2.05) is 0 Å². The van der Waals surface area contributed by atoms with E-state index in [-0.39, 0.29) is 0 Å². The van der Waals surface area contributed by atoms with Crippen LogP contribution >= 0.6 is 0 Å². The summed E-state index contributed by atoms with van der Waals surface area (Å²) in [6.45, 7) is 3.97. The zero-order chi connectivity index (χ0) is 9.36. The molecule has 1 aliphatic rings. The topological polar surface area (TPSA) is 9.23 Å². The number of unbranched alkanes of at least 4 members (excludes halogenated alkanes) is 1. The molecule has 0 saturated heterocycles. The summed E-state index contributed by atoms with van der Waals surface area (Å²) in [6, 6.07) is 0. The molecule has 1 heteroatoms. The lowest BCUT2D eigenvalue weighted by Crippen LogP contribution is -1.98. The first-order valence-electron chi connectivity index (χ1n) is 5.69. The molecular weight excluding hydrogens is 160 g/mol. The standard InChI is InChI=1S/C12H22O/c1-2-3-10-13-11-9-12-7-5-4-6-8-12/h9H,2-8,10-11H2,1H3. The number of hydrogen-bond donors (Lipinski definition) is 0. The van der Waals surface area contributed by atoms with E-state index in [4.69, 9.17) is 4.74 Å². The van der Waals surface area contributed by atoms with Crippen molar-refractivity contribution in [2.45, 2.75) is 51.9 Å². The van der Waals surface area contributed by atoms with Gasteiger partial charge in [0.1, 0.15) is 0 Å². The molecule has 0 spiro atoms. The highest BCUT2D eigenvalue weighted by molar-refractivity contribution is 5.03. The van der Waals surface area contributed by atoms with Gasteiger partial charge in [-0.3, -0.25) is 0 Å². The van der Waals surface area contributed by atoms with Crippen molar-refractivity contribution in [2.24, 2.45) is 0 Å². The second-order valence-corrected chi connectivity index (χ2v) is 3.85. The fourth-order valence-corrected chi connectivity index (χ4v) is 1.72. The van der Waals surface area contributed by atoms with Gasteiger partial charge in [0.2, 0.25) is 0 Å². The molecule has 0 atom stereocenters. The van der Waals surface area contributed by atoms with Crippen molar-refractivity contribution in [2.75, 3.05) is 13.2 Å². The molecule has 0 radical (unpaired) electrons. The summed E-state index contributed by atoms with van der Waals surface area (Å²) in [6.07, 6.45) is 11.6. The number of allylic oxidation sites excluding steroid dienone is 1.